The SMILES string of the molecule is N/C(=N\c1nc(N)cc(=O)[nH]1)Nc1ccc(Cl)cc1. The molecule has 0 saturated heterocycles. The van der Waals surface area contributed by atoms with Gasteiger partial charge in [0.15, 0.2) is 0 Å². The van der Waals surface area contributed by atoms with E-state index in [9.17, 15) is 4.79 Å². The molecule has 6 N–H and O–H groups in total. The maximum atomic E-state index is 11.2. The number of nitrogen functional groups attached to an aromatic ring is 1. The zero-order chi connectivity index (χ0) is 13.8. The van der Waals surface area contributed by atoms with Crippen molar-refractivity contribution in [3.8, 4) is 0 Å². The molecule has 0 aliphatic rings. The van der Waals surface area contributed by atoms with Crippen LogP contribution in [0.15, 0.2) is 40.1 Å². The van der Waals surface area contributed by atoms with E-state index >= 15 is 0 Å². The van der Waals surface area contributed by atoms with E-state index in [4.69, 9.17) is 23.1 Å². The smallest absolute Gasteiger partial charge is 0.254 e. The van der Waals surface area contributed by atoms with Crippen molar-refractivity contribution in [3.63, 3.8) is 0 Å². The highest BCUT2D eigenvalue weighted by molar-refractivity contribution is 6.30. The summed E-state index contributed by atoms with van der Waals surface area (Å²) in [6.07, 6.45) is 0. The molecule has 0 saturated carbocycles. The number of nitrogens with zero attached hydrogens (tertiary/aromatic N) is 2. The van der Waals surface area contributed by atoms with Crippen molar-refractivity contribution in [2.45, 2.75) is 0 Å². The predicted octanol–water partition coefficient (Wildman–Crippen LogP) is 1.06. The van der Waals surface area contributed by atoms with Crippen LogP contribution in [-0.4, -0.2) is 15.9 Å². The van der Waals surface area contributed by atoms with E-state index in [0.29, 0.717) is 10.7 Å². The first-order valence-electron chi connectivity index (χ1n) is 5.26. The third kappa shape index (κ3) is 3.71. The number of nitrogens with one attached hydrogen (secondary N) is 2. The molecule has 2 aromatic rings. The summed E-state index contributed by atoms with van der Waals surface area (Å²) in [7, 11) is 0. The topological polar surface area (TPSA) is 122 Å². The molecule has 1 aromatic carbocycles. The number of hydrogen-bond acceptors (Lipinski definition) is 4. The van der Waals surface area contributed by atoms with E-state index in [1.165, 1.54) is 0 Å². The zero-order valence-corrected chi connectivity index (χ0v) is 10.5. The van der Waals surface area contributed by atoms with Crippen molar-refractivity contribution in [3.05, 3.63) is 45.7 Å². The van der Waals surface area contributed by atoms with Gasteiger partial charge in [0.05, 0.1) is 0 Å². The van der Waals surface area contributed by atoms with Gasteiger partial charge in [0.2, 0.25) is 11.9 Å². The first-order chi connectivity index (χ1) is 9.02. The lowest BCUT2D eigenvalue weighted by Crippen LogP contribution is -2.22. The molecule has 8 heteroatoms. The first kappa shape index (κ1) is 12.9. The van der Waals surface area contributed by atoms with Gasteiger partial charge >= 0.3 is 0 Å². The molecule has 0 bridgehead atoms. The number of benzene rings is 1. The summed E-state index contributed by atoms with van der Waals surface area (Å²) >= 11 is 5.76. The summed E-state index contributed by atoms with van der Waals surface area (Å²) in [6, 6.07) is 8.04. The second kappa shape index (κ2) is 5.40. The van der Waals surface area contributed by atoms with Crippen molar-refractivity contribution in [1.29, 1.82) is 0 Å². The molecule has 2 rings (SSSR count). The monoisotopic (exact) mass is 278 g/mol. The van der Waals surface area contributed by atoms with Gasteiger partial charge in [0.25, 0.3) is 5.56 Å². The Bertz CT molecular complexity index is 664. The molecule has 98 valence electrons. The van der Waals surface area contributed by atoms with E-state index in [2.05, 4.69) is 20.3 Å². The molecule has 0 fully saturated rings. The van der Waals surface area contributed by atoms with Crippen LogP contribution in [0.4, 0.5) is 17.5 Å². The van der Waals surface area contributed by atoms with Crippen LogP contribution in [0.5, 0.6) is 0 Å². The number of anilines is 2. The summed E-state index contributed by atoms with van der Waals surface area (Å²) in [4.78, 5) is 21.3. The molecular weight excluding hydrogens is 268 g/mol. The van der Waals surface area contributed by atoms with Crippen LogP contribution >= 0.6 is 11.6 Å². The minimum Gasteiger partial charge on any atom is -0.383 e. The number of H-pyrrole nitrogens is 1. The largest absolute Gasteiger partial charge is 0.383 e. The Morgan fingerprint density at radius 3 is 2.68 bits per heavy atom. The Labute approximate surface area is 113 Å². The number of guanidine groups is 1. The van der Waals surface area contributed by atoms with Gasteiger partial charge in [0, 0.05) is 16.8 Å². The quantitative estimate of drug-likeness (QED) is 0.483. The van der Waals surface area contributed by atoms with Crippen molar-refractivity contribution in [1.82, 2.24) is 9.97 Å². The normalized spacial score (nSPS) is 11.3. The third-order valence-electron chi connectivity index (χ3n) is 2.09. The Kier molecular flexibility index (Phi) is 3.67. The molecule has 0 unspecified atom stereocenters. The molecule has 0 aliphatic carbocycles. The summed E-state index contributed by atoms with van der Waals surface area (Å²) in [5.74, 6) is 0.168. The van der Waals surface area contributed by atoms with Gasteiger partial charge in [-0.25, -0.2) is 0 Å². The number of aromatic amines is 1. The Morgan fingerprint density at radius 2 is 2.05 bits per heavy atom. The maximum absolute atomic E-state index is 11.2. The Hall–Kier alpha value is -2.54. The lowest BCUT2D eigenvalue weighted by Gasteiger charge is -2.05. The van der Waals surface area contributed by atoms with Crippen LogP contribution in [0.25, 0.3) is 0 Å². The van der Waals surface area contributed by atoms with Crippen LogP contribution in [-0.2, 0) is 0 Å². The predicted molar refractivity (Wildman–Crippen MR) is 75.6 cm³/mol. The molecule has 0 atom stereocenters. The lowest BCUT2D eigenvalue weighted by atomic mass is 10.3. The number of rotatable bonds is 2. The van der Waals surface area contributed by atoms with Gasteiger partial charge in [-0.05, 0) is 24.3 Å². The van der Waals surface area contributed by atoms with E-state index in [1.54, 1.807) is 24.3 Å². The average molecular weight is 279 g/mol. The van der Waals surface area contributed by atoms with Crippen LogP contribution in [0.2, 0.25) is 5.02 Å². The Morgan fingerprint density at radius 1 is 1.37 bits per heavy atom. The highest BCUT2D eigenvalue weighted by Crippen LogP contribution is 2.13. The molecule has 0 spiro atoms. The van der Waals surface area contributed by atoms with Gasteiger partial charge < -0.3 is 16.8 Å². The molecule has 7 nitrogen and oxygen atoms in total. The van der Waals surface area contributed by atoms with Crippen LogP contribution < -0.4 is 22.3 Å². The van der Waals surface area contributed by atoms with E-state index < -0.39 is 5.56 Å². The molecule has 0 aliphatic heterocycles. The number of hydrogen-bond donors (Lipinski definition) is 4. The number of halogens is 1. The third-order valence-corrected chi connectivity index (χ3v) is 2.34. The van der Waals surface area contributed by atoms with E-state index in [0.717, 1.165) is 6.07 Å². The van der Waals surface area contributed by atoms with Gasteiger partial charge in [0.1, 0.15) is 5.82 Å². The summed E-state index contributed by atoms with van der Waals surface area (Å²) in [5, 5.41) is 3.44. The average Bonchev–Trinajstić information content (AvgIpc) is 2.30. The number of nitrogens with two attached hydrogens (primary N) is 2. The minimum absolute atomic E-state index is 0.0314. The number of aliphatic imine (C=N–C) groups is 1. The van der Waals surface area contributed by atoms with Gasteiger partial charge in [-0.2, -0.15) is 9.98 Å². The minimum atomic E-state index is -0.398. The lowest BCUT2D eigenvalue weighted by molar-refractivity contribution is 1.10. The first-order valence-corrected chi connectivity index (χ1v) is 5.64. The maximum Gasteiger partial charge on any atom is 0.254 e. The second-order valence-corrected chi connectivity index (χ2v) is 4.06. The van der Waals surface area contributed by atoms with E-state index in [1.807, 2.05) is 0 Å². The fraction of sp³-hybridized carbons (Fsp3) is 0. The number of aromatic nitrogens is 2. The van der Waals surface area contributed by atoms with Crippen molar-refractivity contribution in [2.75, 3.05) is 11.1 Å². The molecule has 19 heavy (non-hydrogen) atoms. The molecular formula is C11H11ClN6O. The van der Waals surface area contributed by atoms with Crippen LogP contribution in [0.1, 0.15) is 0 Å². The summed E-state index contributed by atoms with van der Waals surface area (Å²) < 4.78 is 0. The van der Waals surface area contributed by atoms with Gasteiger partial charge in [-0.3, -0.25) is 9.78 Å². The molecule has 1 heterocycles. The molecule has 1 aromatic heterocycles. The van der Waals surface area contributed by atoms with Gasteiger partial charge in [-0.1, -0.05) is 11.6 Å². The fourth-order valence-corrected chi connectivity index (χ4v) is 1.47. The highest BCUT2D eigenvalue weighted by Gasteiger charge is 1.99. The fourth-order valence-electron chi connectivity index (χ4n) is 1.34. The summed E-state index contributed by atoms with van der Waals surface area (Å²) in [6.45, 7) is 0. The molecule has 0 amide bonds. The summed E-state index contributed by atoms with van der Waals surface area (Å²) in [5.41, 5.74) is 11.4. The van der Waals surface area contributed by atoms with Crippen molar-refractivity contribution < 1.29 is 0 Å². The van der Waals surface area contributed by atoms with E-state index in [-0.39, 0.29) is 17.7 Å². The van der Waals surface area contributed by atoms with Crippen molar-refractivity contribution in [2.24, 2.45) is 10.7 Å². The zero-order valence-electron chi connectivity index (χ0n) is 9.72. The van der Waals surface area contributed by atoms with Crippen molar-refractivity contribution >= 4 is 35.0 Å². The van der Waals surface area contributed by atoms with Crippen LogP contribution in [0, 0.1) is 0 Å². The van der Waals surface area contributed by atoms with Gasteiger partial charge in [-0.15, -0.1) is 0 Å². The Balaban J connectivity index is 2.18. The second-order valence-electron chi connectivity index (χ2n) is 3.62. The standard InChI is InChI=1S/C11H11ClN6O/c12-6-1-3-7(4-2-6)15-10(14)18-11-16-8(13)5-9(19)17-11/h1-5H,(H6,13,14,15,16,17,18,19). The highest BCUT2D eigenvalue weighted by atomic mass is 35.5. The molecule has 0 radical (unpaired) electrons. The van der Waals surface area contributed by atoms with Crippen LogP contribution in [0.3, 0.4) is 0 Å².